The molecule has 0 bridgehead atoms. The zero-order valence-corrected chi connectivity index (χ0v) is 21.7. The van der Waals surface area contributed by atoms with Gasteiger partial charge in [0.05, 0.1) is 16.1 Å². The second kappa shape index (κ2) is 12.1. The summed E-state index contributed by atoms with van der Waals surface area (Å²) in [5.74, 6) is -1.21. The van der Waals surface area contributed by atoms with Crippen molar-refractivity contribution in [2.24, 2.45) is 0 Å². The molecule has 1 atom stereocenters. The summed E-state index contributed by atoms with van der Waals surface area (Å²) in [7, 11) is -4.46. The lowest BCUT2D eigenvalue weighted by Crippen LogP contribution is -2.51. The lowest BCUT2D eigenvalue weighted by molar-refractivity contribution is -0.139. The van der Waals surface area contributed by atoms with Crippen LogP contribution in [-0.2, 0) is 32.3 Å². The molecule has 0 aliphatic rings. The van der Waals surface area contributed by atoms with Gasteiger partial charge in [0.1, 0.15) is 12.6 Å². The third-order valence-corrected chi connectivity index (χ3v) is 7.57. The summed E-state index contributed by atoms with van der Waals surface area (Å²) in [5.41, 5.74) is -0.705. The molecular formula is C27H28F3N3O4S. The summed E-state index contributed by atoms with van der Waals surface area (Å²) >= 11 is 0. The molecule has 0 aliphatic carbocycles. The van der Waals surface area contributed by atoms with E-state index < -0.39 is 46.2 Å². The molecule has 0 heterocycles. The Kier molecular flexibility index (Phi) is 9.16. The molecule has 0 saturated carbocycles. The number of hydrogen-bond acceptors (Lipinski definition) is 4. The van der Waals surface area contributed by atoms with Crippen molar-refractivity contribution in [3.8, 4) is 0 Å². The molecule has 0 aliphatic heterocycles. The number of anilines is 1. The molecule has 11 heteroatoms. The Balaban J connectivity index is 2.07. The number of nitrogens with zero attached hydrogens (tertiary/aromatic N) is 2. The number of hydrogen-bond donors (Lipinski definition) is 1. The summed E-state index contributed by atoms with van der Waals surface area (Å²) in [4.78, 5) is 27.3. The number of carbonyl (C=O) groups is 2. The van der Waals surface area contributed by atoms with E-state index in [1.807, 2.05) is 0 Å². The number of alkyl halides is 3. The van der Waals surface area contributed by atoms with Crippen molar-refractivity contribution in [3.05, 3.63) is 96.1 Å². The molecule has 38 heavy (non-hydrogen) atoms. The van der Waals surface area contributed by atoms with Gasteiger partial charge in [-0.15, -0.1) is 0 Å². The van der Waals surface area contributed by atoms with Gasteiger partial charge in [-0.05, 0) is 49.7 Å². The molecule has 0 fully saturated rings. The number of nitrogens with one attached hydrogen (secondary N) is 1. The zero-order chi connectivity index (χ0) is 27.9. The average molecular weight is 548 g/mol. The Morgan fingerprint density at radius 1 is 0.921 bits per heavy atom. The normalized spacial score (nSPS) is 12.4. The predicted molar refractivity (Wildman–Crippen MR) is 138 cm³/mol. The third kappa shape index (κ3) is 6.91. The van der Waals surface area contributed by atoms with Gasteiger partial charge < -0.3 is 10.2 Å². The Bertz CT molecular complexity index is 1350. The number of amides is 2. The summed E-state index contributed by atoms with van der Waals surface area (Å²) in [6.45, 7) is 2.70. The number of benzene rings is 3. The predicted octanol–water partition coefficient (Wildman–Crippen LogP) is 4.45. The van der Waals surface area contributed by atoms with E-state index in [-0.39, 0.29) is 17.1 Å². The highest BCUT2D eigenvalue weighted by Crippen LogP contribution is 2.33. The molecule has 0 aromatic heterocycles. The lowest BCUT2D eigenvalue weighted by atomic mass is 10.1. The maximum Gasteiger partial charge on any atom is 0.416 e. The minimum atomic E-state index is -4.73. The fourth-order valence-electron chi connectivity index (χ4n) is 3.77. The minimum Gasteiger partial charge on any atom is -0.355 e. The van der Waals surface area contributed by atoms with Crippen molar-refractivity contribution >= 4 is 27.5 Å². The van der Waals surface area contributed by atoms with Crippen molar-refractivity contribution in [1.82, 2.24) is 10.2 Å². The van der Waals surface area contributed by atoms with Gasteiger partial charge in [-0.25, -0.2) is 8.42 Å². The van der Waals surface area contributed by atoms with Crippen molar-refractivity contribution in [2.45, 2.75) is 37.5 Å². The van der Waals surface area contributed by atoms with Gasteiger partial charge in [-0.2, -0.15) is 13.2 Å². The number of rotatable bonds is 10. The molecule has 202 valence electrons. The van der Waals surface area contributed by atoms with Crippen LogP contribution in [0.3, 0.4) is 0 Å². The second-order valence-corrected chi connectivity index (χ2v) is 10.3. The van der Waals surface area contributed by atoms with Gasteiger partial charge in [0.25, 0.3) is 10.0 Å². The third-order valence-electron chi connectivity index (χ3n) is 5.79. The van der Waals surface area contributed by atoms with Crippen LogP contribution in [-0.4, -0.2) is 44.3 Å². The second-order valence-electron chi connectivity index (χ2n) is 8.45. The van der Waals surface area contributed by atoms with E-state index >= 15 is 0 Å². The number of sulfonamides is 1. The topological polar surface area (TPSA) is 86.8 Å². The fourth-order valence-corrected chi connectivity index (χ4v) is 5.20. The van der Waals surface area contributed by atoms with Crippen LogP contribution in [0.2, 0.25) is 0 Å². The molecule has 1 N–H and O–H groups in total. The molecule has 7 nitrogen and oxygen atoms in total. The quantitative estimate of drug-likeness (QED) is 0.406. The Labute approximate surface area is 219 Å². The van der Waals surface area contributed by atoms with Gasteiger partial charge in [-0.3, -0.25) is 13.9 Å². The highest BCUT2D eigenvalue weighted by molar-refractivity contribution is 7.92. The molecule has 3 rings (SSSR count). The Hall–Kier alpha value is -3.86. The standard InChI is InChI=1S/C27H28F3N3O4S/c1-3-31-26(35)20(2)32(18-21-11-6-4-7-12-21)25(34)19-33(38(36,37)24-15-8-5-9-16-24)23-14-10-13-22(17-23)27(28,29)30/h4-17,20H,3,18-19H2,1-2H3,(H,31,35)/t20-/m1/s1. The maximum absolute atomic E-state index is 13.7. The minimum absolute atomic E-state index is 0.0141. The van der Waals surface area contributed by atoms with Gasteiger partial charge in [0.2, 0.25) is 11.8 Å². The van der Waals surface area contributed by atoms with Gasteiger partial charge >= 0.3 is 6.18 Å². The first-order valence-corrected chi connectivity index (χ1v) is 13.2. The molecule has 3 aromatic carbocycles. The Morgan fingerprint density at radius 3 is 2.11 bits per heavy atom. The summed E-state index contributed by atoms with van der Waals surface area (Å²) in [5, 5.41) is 2.64. The lowest BCUT2D eigenvalue weighted by Gasteiger charge is -2.32. The van der Waals surface area contributed by atoms with E-state index in [4.69, 9.17) is 0 Å². The molecule has 0 spiro atoms. The monoisotopic (exact) mass is 547 g/mol. The maximum atomic E-state index is 13.7. The first-order chi connectivity index (χ1) is 17.9. The van der Waals surface area contributed by atoms with Crippen LogP contribution in [0.1, 0.15) is 25.0 Å². The summed E-state index contributed by atoms with van der Waals surface area (Å²) in [6, 6.07) is 18.7. The van der Waals surface area contributed by atoms with Crippen LogP contribution in [0, 0.1) is 0 Å². The smallest absolute Gasteiger partial charge is 0.355 e. The van der Waals surface area contributed by atoms with Crippen molar-refractivity contribution < 1.29 is 31.2 Å². The van der Waals surface area contributed by atoms with Crippen molar-refractivity contribution in [3.63, 3.8) is 0 Å². The van der Waals surface area contributed by atoms with E-state index in [2.05, 4.69) is 5.32 Å². The fraction of sp³-hybridized carbons (Fsp3) is 0.259. The van der Waals surface area contributed by atoms with E-state index in [9.17, 15) is 31.2 Å². The average Bonchev–Trinajstić information content (AvgIpc) is 2.90. The van der Waals surface area contributed by atoms with Gasteiger partial charge in [-0.1, -0.05) is 54.6 Å². The number of halogens is 3. The highest BCUT2D eigenvalue weighted by atomic mass is 32.2. The Morgan fingerprint density at radius 2 is 1.53 bits per heavy atom. The van der Waals surface area contributed by atoms with Crippen LogP contribution in [0.4, 0.5) is 18.9 Å². The molecule has 3 aromatic rings. The molecule has 0 saturated heterocycles. The van der Waals surface area contributed by atoms with Gasteiger partial charge in [0, 0.05) is 13.1 Å². The molecule has 2 amide bonds. The number of likely N-dealkylation sites (N-methyl/N-ethyl adjacent to an activating group) is 1. The number of carbonyl (C=O) groups excluding carboxylic acids is 2. The van der Waals surface area contributed by atoms with Crippen LogP contribution < -0.4 is 9.62 Å². The van der Waals surface area contributed by atoms with Crippen molar-refractivity contribution in [1.29, 1.82) is 0 Å². The largest absolute Gasteiger partial charge is 0.416 e. The van der Waals surface area contributed by atoms with Crippen LogP contribution in [0.25, 0.3) is 0 Å². The molecule has 0 unspecified atom stereocenters. The summed E-state index contributed by atoms with van der Waals surface area (Å²) < 4.78 is 68.3. The van der Waals surface area contributed by atoms with E-state index in [0.717, 1.165) is 12.1 Å². The summed E-state index contributed by atoms with van der Waals surface area (Å²) in [6.07, 6.45) is -4.73. The van der Waals surface area contributed by atoms with Gasteiger partial charge in [0.15, 0.2) is 0 Å². The first kappa shape index (κ1) is 28.7. The molecular weight excluding hydrogens is 519 g/mol. The van der Waals surface area contributed by atoms with E-state index in [0.29, 0.717) is 22.5 Å². The first-order valence-electron chi connectivity index (χ1n) is 11.8. The van der Waals surface area contributed by atoms with Crippen molar-refractivity contribution in [2.75, 3.05) is 17.4 Å². The van der Waals surface area contributed by atoms with E-state index in [1.54, 1.807) is 43.3 Å². The SMILES string of the molecule is CCNC(=O)[C@@H](C)N(Cc1ccccc1)C(=O)CN(c1cccc(C(F)(F)F)c1)S(=O)(=O)c1ccccc1. The molecule has 0 radical (unpaired) electrons. The van der Waals surface area contributed by atoms with Crippen LogP contribution >= 0.6 is 0 Å². The van der Waals surface area contributed by atoms with E-state index in [1.165, 1.54) is 42.2 Å². The highest BCUT2D eigenvalue weighted by Gasteiger charge is 2.35. The zero-order valence-electron chi connectivity index (χ0n) is 20.9. The van der Waals surface area contributed by atoms with Crippen LogP contribution in [0.15, 0.2) is 89.8 Å². The van der Waals surface area contributed by atoms with Crippen LogP contribution in [0.5, 0.6) is 0 Å².